The third-order valence-corrected chi connectivity index (χ3v) is 3.98. The van der Waals surface area contributed by atoms with Crippen LogP contribution in [-0.4, -0.2) is 29.1 Å². The van der Waals surface area contributed by atoms with Crippen LogP contribution in [0.4, 0.5) is 5.69 Å². The molecule has 5 heteroatoms. The minimum absolute atomic E-state index is 0.109. The van der Waals surface area contributed by atoms with E-state index in [9.17, 15) is 14.7 Å². The molecule has 1 aromatic rings. The fourth-order valence-corrected chi connectivity index (χ4v) is 2.68. The molecule has 0 saturated carbocycles. The number of hydrogen-bond donors (Lipinski definition) is 3. The zero-order valence-corrected chi connectivity index (χ0v) is 15.1. The van der Waals surface area contributed by atoms with E-state index < -0.39 is 12.0 Å². The molecule has 0 aliphatic carbocycles. The van der Waals surface area contributed by atoms with E-state index in [4.69, 9.17) is 0 Å². The molecule has 0 spiro atoms. The second-order valence-electron chi connectivity index (χ2n) is 6.60. The molecule has 5 nitrogen and oxygen atoms in total. The average Bonchev–Trinajstić information content (AvgIpc) is 2.51. The molecule has 24 heavy (non-hydrogen) atoms. The molecule has 1 rings (SSSR count). The highest BCUT2D eigenvalue weighted by Crippen LogP contribution is 2.23. The van der Waals surface area contributed by atoms with Gasteiger partial charge in [-0.2, -0.15) is 0 Å². The fraction of sp³-hybridized carbons (Fsp3) is 0.579. The van der Waals surface area contributed by atoms with Gasteiger partial charge in [0, 0.05) is 18.2 Å². The number of carboxylic acids is 1. The summed E-state index contributed by atoms with van der Waals surface area (Å²) in [6.07, 6.45) is 2.62. The summed E-state index contributed by atoms with van der Waals surface area (Å²) in [5.74, 6) is -0.647. The Morgan fingerprint density at radius 1 is 1.17 bits per heavy atom. The van der Waals surface area contributed by atoms with Crippen molar-refractivity contribution in [3.63, 3.8) is 0 Å². The Labute approximate surface area is 144 Å². The van der Waals surface area contributed by atoms with Gasteiger partial charge in [-0.3, -0.25) is 9.59 Å². The summed E-state index contributed by atoms with van der Waals surface area (Å²) >= 11 is 0. The molecule has 0 fully saturated rings. The van der Waals surface area contributed by atoms with Crippen molar-refractivity contribution < 1.29 is 14.7 Å². The van der Waals surface area contributed by atoms with E-state index >= 15 is 0 Å². The highest BCUT2D eigenvalue weighted by Gasteiger charge is 2.20. The van der Waals surface area contributed by atoms with Crippen LogP contribution in [0.25, 0.3) is 0 Å². The molecule has 0 radical (unpaired) electrons. The molecule has 0 bridgehead atoms. The lowest BCUT2D eigenvalue weighted by molar-refractivity contribution is -0.140. The molecule has 1 unspecified atom stereocenters. The van der Waals surface area contributed by atoms with Crippen LogP contribution < -0.4 is 10.6 Å². The van der Waals surface area contributed by atoms with Gasteiger partial charge in [-0.1, -0.05) is 51.8 Å². The monoisotopic (exact) mass is 334 g/mol. The molecule has 0 saturated heterocycles. The predicted octanol–water partition coefficient (Wildman–Crippen LogP) is 3.76. The molecule has 3 N–H and O–H groups in total. The summed E-state index contributed by atoms with van der Waals surface area (Å²) < 4.78 is 0. The summed E-state index contributed by atoms with van der Waals surface area (Å²) in [4.78, 5) is 23.5. The first kappa shape index (κ1) is 20.2. The van der Waals surface area contributed by atoms with Crippen molar-refractivity contribution in [2.24, 2.45) is 0 Å². The number of rotatable bonds is 10. The van der Waals surface area contributed by atoms with Gasteiger partial charge in [0.1, 0.15) is 6.04 Å². The predicted molar refractivity (Wildman–Crippen MR) is 97.3 cm³/mol. The van der Waals surface area contributed by atoms with Gasteiger partial charge in [0.05, 0.1) is 0 Å². The Morgan fingerprint density at radius 3 is 2.42 bits per heavy atom. The van der Waals surface area contributed by atoms with Crippen LogP contribution in [0.15, 0.2) is 24.3 Å². The second-order valence-corrected chi connectivity index (χ2v) is 6.60. The SMILES string of the molecule is CCCC[C@H](NC(C)CC(=O)Nc1ccccc1C(C)C)C(=O)O. The number of carboxylic acid groups (broad SMARTS) is 1. The van der Waals surface area contributed by atoms with E-state index in [2.05, 4.69) is 24.5 Å². The van der Waals surface area contributed by atoms with Crippen molar-refractivity contribution in [1.29, 1.82) is 0 Å². The third-order valence-electron chi connectivity index (χ3n) is 3.98. The number of nitrogens with one attached hydrogen (secondary N) is 2. The number of anilines is 1. The number of para-hydroxylation sites is 1. The van der Waals surface area contributed by atoms with E-state index in [-0.39, 0.29) is 18.4 Å². The number of carbonyl (C=O) groups is 2. The van der Waals surface area contributed by atoms with Crippen LogP contribution in [0, 0.1) is 0 Å². The first-order valence-electron chi connectivity index (χ1n) is 8.72. The molecule has 0 aliphatic rings. The van der Waals surface area contributed by atoms with Crippen molar-refractivity contribution in [3.05, 3.63) is 29.8 Å². The van der Waals surface area contributed by atoms with Crippen molar-refractivity contribution in [3.8, 4) is 0 Å². The summed E-state index contributed by atoms with van der Waals surface area (Å²) in [5.41, 5.74) is 1.92. The number of benzene rings is 1. The maximum atomic E-state index is 12.3. The zero-order valence-electron chi connectivity index (χ0n) is 15.1. The topological polar surface area (TPSA) is 78.4 Å². The highest BCUT2D eigenvalue weighted by atomic mass is 16.4. The van der Waals surface area contributed by atoms with E-state index in [0.717, 1.165) is 24.1 Å². The van der Waals surface area contributed by atoms with Crippen molar-refractivity contribution in [2.75, 3.05) is 5.32 Å². The Hall–Kier alpha value is -1.88. The number of amides is 1. The average molecular weight is 334 g/mol. The van der Waals surface area contributed by atoms with Gasteiger partial charge < -0.3 is 15.7 Å². The van der Waals surface area contributed by atoms with Gasteiger partial charge in [-0.15, -0.1) is 0 Å². The number of carbonyl (C=O) groups excluding carboxylic acids is 1. The number of unbranched alkanes of at least 4 members (excludes halogenated alkanes) is 1. The minimum Gasteiger partial charge on any atom is -0.480 e. The van der Waals surface area contributed by atoms with Gasteiger partial charge >= 0.3 is 5.97 Å². The van der Waals surface area contributed by atoms with E-state index in [1.807, 2.05) is 38.1 Å². The molecule has 1 aromatic carbocycles. The minimum atomic E-state index is -0.860. The van der Waals surface area contributed by atoms with Crippen molar-refractivity contribution in [2.45, 2.75) is 71.4 Å². The first-order chi connectivity index (χ1) is 11.3. The smallest absolute Gasteiger partial charge is 0.320 e. The molecular weight excluding hydrogens is 304 g/mol. The standard InChI is InChI=1S/C19H30N2O3/c1-5-6-10-17(19(23)24)20-14(4)12-18(22)21-16-11-8-7-9-15(16)13(2)3/h7-9,11,13-14,17,20H,5-6,10,12H2,1-4H3,(H,21,22)(H,23,24)/t14?,17-/m0/s1. The van der Waals surface area contributed by atoms with E-state index in [1.165, 1.54) is 0 Å². The van der Waals surface area contributed by atoms with Crippen LogP contribution in [0.3, 0.4) is 0 Å². The highest BCUT2D eigenvalue weighted by molar-refractivity contribution is 5.92. The Morgan fingerprint density at radius 2 is 1.83 bits per heavy atom. The Kier molecular flexibility index (Phi) is 8.47. The van der Waals surface area contributed by atoms with Gasteiger partial charge in [0.15, 0.2) is 0 Å². The Bertz CT molecular complexity index is 543. The van der Waals surface area contributed by atoms with Crippen LogP contribution in [0.1, 0.15) is 64.9 Å². The molecule has 0 heterocycles. The van der Waals surface area contributed by atoms with E-state index in [0.29, 0.717) is 12.3 Å². The zero-order chi connectivity index (χ0) is 18.1. The van der Waals surface area contributed by atoms with Gasteiger partial charge in [0.2, 0.25) is 5.91 Å². The number of aliphatic carboxylic acids is 1. The molecule has 0 aromatic heterocycles. The quantitative estimate of drug-likeness (QED) is 0.609. The summed E-state index contributed by atoms with van der Waals surface area (Å²) in [5, 5.41) is 15.2. The van der Waals surface area contributed by atoms with Gasteiger partial charge in [0.25, 0.3) is 0 Å². The largest absolute Gasteiger partial charge is 0.480 e. The molecule has 134 valence electrons. The van der Waals surface area contributed by atoms with Crippen molar-refractivity contribution >= 4 is 17.6 Å². The molecule has 1 amide bonds. The summed E-state index contributed by atoms with van der Waals surface area (Å²) in [6.45, 7) is 8.04. The van der Waals surface area contributed by atoms with Crippen LogP contribution in [0.2, 0.25) is 0 Å². The van der Waals surface area contributed by atoms with Crippen LogP contribution >= 0.6 is 0 Å². The lowest BCUT2D eigenvalue weighted by Gasteiger charge is -2.20. The Balaban J connectivity index is 2.59. The maximum Gasteiger partial charge on any atom is 0.320 e. The lowest BCUT2D eigenvalue weighted by atomic mass is 10.0. The molecular formula is C19H30N2O3. The van der Waals surface area contributed by atoms with Crippen LogP contribution in [0.5, 0.6) is 0 Å². The fourth-order valence-electron chi connectivity index (χ4n) is 2.68. The normalized spacial score (nSPS) is 13.5. The maximum absolute atomic E-state index is 12.3. The van der Waals surface area contributed by atoms with Crippen molar-refractivity contribution in [1.82, 2.24) is 5.32 Å². The molecule has 2 atom stereocenters. The van der Waals surface area contributed by atoms with Crippen LogP contribution in [-0.2, 0) is 9.59 Å². The third kappa shape index (κ3) is 6.71. The summed E-state index contributed by atoms with van der Waals surface area (Å²) in [7, 11) is 0. The second kappa shape index (κ2) is 10.1. The first-order valence-corrected chi connectivity index (χ1v) is 8.72. The molecule has 0 aliphatic heterocycles. The number of hydrogen-bond acceptors (Lipinski definition) is 3. The summed E-state index contributed by atoms with van der Waals surface area (Å²) in [6, 6.07) is 6.96. The van der Waals surface area contributed by atoms with Gasteiger partial charge in [-0.25, -0.2) is 0 Å². The lowest BCUT2D eigenvalue weighted by Crippen LogP contribution is -2.43. The van der Waals surface area contributed by atoms with E-state index in [1.54, 1.807) is 0 Å². The van der Waals surface area contributed by atoms with Gasteiger partial charge in [-0.05, 0) is 30.9 Å².